The molecule has 0 atom stereocenters. The quantitative estimate of drug-likeness (QED) is 0.344. The van der Waals surface area contributed by atoms with E-state index >= 15 is 0 Å². The molecule has 4 aromatic rings. The van der Waals surface area contributed by atoms with Crippen LogP contribution >= 0.6 is 22.7 Å². The summed E-state index contributed by atoms with van der Waals surface area (Å²) >= 11 is 1.91. The van der Waals surface area contributed by atoms with E-state index in [2.05, 4.69) is 9.97 Å². The third-order valence-corrected chi connectivity index (χ3v) is 7.15. The smallest absolute Gasteiger partial charge is 0.413 e. The molecule has 11 heteroatoms. The molecule has 2 heterocycles. The first-order valence-corrected chi connectivity index (χ1v) is 11.5. The van der Waals surface area contributed by atoms with Crippen molar-refractivity contribution in [3.63, 3.8) is 0 Å². The highest BCUT2D eigenvalue weighted by Crippen LogP contribution is 2.39. The Morgan fingerprint density at radius 2 is 1.03 bits per heavy atom. The molecular weight excluding hydrogens is 476 g/mol. The molecule has 0 fully saturated rings. The predicted octanol–water partition coefficient (Wildman–Crippen LogP) is 5.39. The Bertz CT molecular complexity index is 1270. The van der Waals surface area contributed by atoms with Gasteiger partial charge in [-0.1, -0.05) is 83.3 Å². The van der Waals surface area contributed by atoms with Crippen molar-refractivity contribution in [2.45, 2.75) is 0 Å². The molecule has 4 rings (SSSR count). The van der Waals surface area contributed by atoms with Crippen molar-refractivity contribution in [3.05, 3.63) is 70.4 Å². The number of rotatable bonds is 6. The lowest BCUT2D eigenvalue weighted by atomic mass is 10.1. The maximum atomic E-state index is 13.9. The van der Waals surface area contributed by atoms with Gasteiger partial charge in [0.1, 0.15) is 9.75 Å². The number of carbonyl (C=O) groups excluding carboxylic acids is 1. The second-order valence-electron chi connectivity index (χ2n) is 7.09. The summed E-state index contributed by atoms with van der Waals surface area (Å²) in [5.74, 6) is -0.414. The van der Waals surface area contributed by atoms with E-state index in [-0.39, 0.29) is 20.0 Å². The second-order valence-corrected chi connectivity index (χ2v) is 9.05. The van der Waals surface area contributed by atoms with E-state index in [1.807, 2.05) is 12.1 Å². The summed E-state index contributed by atoms with van der Waals surface area (Å²) in [6.45, 7) is 0. The molecule has 2 amide bonds. The van der Waals surface area contributed by atoms with Gasteiger partial charge in [-0.15, -0.1) is 0 Å². The van der Waals surface area contributed by atoms with E-state index in [0.717, 1.165) is 32.5 Å². The van der Waals surface area contributed by atoms with Crippen molar-refractivity contribution >= 4 is 50.9 Å². The summed E-state index contributed by atoms with van der Waals surface area (Å²) < 4.78 is 0. The number of hydrogen-bond donors (Lipinski definition) is 2. The van der Waals surface area contributed by atoms with Gasteiger partial charge in [-0.25, -0.2) is 19.6 Å². The lowest BCUT2D eigenvalue weighted by Crippen LogP contribution is -2.23. The number of aromatic nitrogens is 2. The van der Waals surface area contributed by atoms with Crippen molar-refractivity contribution in [2.75, 3.05) is 23.9 Å². The lowest BCUT2D eigenvalue weighted by Gasteiger charge is -2.07. The van der Waals surface area contributed by atoms with Crippen molar-refractivity contribution in [1.29, 1.82) is 0 Å². The van der Waals surface area contributed by atoms with E-state index in [1.54, 1.807) is 48.5 Å². The molecule has 34 heavy (non-hydrogen) atoms. The molecule has 0 bridgehead atoms. The van der Waals surface area contributed by atoms with Gasteiger partial charge in [-0.2, -0.15) is 0 Å². The minimum Gasteiger partial charge on any atom is -0.465 e. The summed E-state index contributed by atoms with van der Waals surface area (Å²) in [6, 6.07) is 18.0. The van der Waals surface area contributed by atoms with Crippen LogP contribution in [0.4, 0.5) is 19.9 Å². The van der Waals surface area contributed by atoms with E-state index < -0.39 is 18.0 Å². The highest BCUT2D eigenvalue weighted by Gasteiger charge is 2.29. The number of carbonyl (C=O) groups is 3. The van der Waals surface area contributed by atoms with E-state index in [0.29, 0.717) is 22.5 Å². The number of hydrogen-bond acceptors (Lipinski definition) is 7. The molecule has 0 radical (unpaired) electrons. The monoisotopic (exact) mass is 494 g/mol. The summed E-state index contributed by atoms with van der Waals surface area (Å²) in [5.41, 5.74) is 2.00. The average Bonchev–Trinajstić information content (AvgIpc) is 3.49. The van der Waals surface area contributed by atoms with E-state index in [4.69, 9.17) is 0 Å². The van der Waals surface area contributed by atoms with Crippen LogP contribution in [-0.2, 0) is 0 Å². The predicted molar refractivity (Wildman–Crippen MR) is 131 cm³/mol. The number of carboxylic acid groups (broad SMARTS) is 2. The van der Waals surface area contributed by atoms with Crippen LogP contribution in [0, 0.1) is 0 Å². The van der Waals surface area contributed by atoms with Crippen LogP contribution < -0.4 is 9.80 Å². The zero-order valence-electron chi connectivity index (χ0n) is 18.0. The zero-order chi connectivity index (χ0) is 24.4. The molecule has 0 aliphatic heterocycles. The molecule has 0 saturated carbocycles. The summed E-state index contributed by atoms with van der Waals surface area (Å²) in [4.78, 5) is 48.1. The SMILES string of the molecule is CN(C(=O)O)c1nc(-c2ccccc2)c(C(=O)c2sc(N(C)C(=O)O)nc2-c2ccccc2)s1. The molecule has 0 unspecified atom stereocenters. The number of anilines is 2. The third kappa shape index (κ3) is 4.38. The van der Waals surface area contributed by atoms with Crippen LogP contribution in [-0.4, -0.2) is 52.2 Å². The van der Waals surface area contributed by atoms with Crippen LogP contribution in [0.3, 0.4) is 0 Å². The number of ketones is 1. The Hall–Kier alpha value is -4.09. The van der Waals surface area contributed by atoms with Gasteiger partial charge in [-0.3, -0.25) is 14.6 Å². The normalized spacial score (nSPS) is 10.6. The molecule has 9 nitrogen and oxygen atoms in total. The number of benzene rings is 2. The standard InChI is InChI=1S/C23H18N4O5S2/c1-26(22(29)30)20-24-15(13-9-5-3-6-10-13)18(33-20)17(28)19-16(14-11-7-4-8-12-14)25-21(34-19)27(2)23(31)32/h3-12H,1-2H3,(H,29,30)(H,31,32). The fourth-order valence-electron chi connectivity index (χ4n) is 3.06. The summed E-state index contributed by atoms with van der Waals surface area (Å²) in [6.07, 6.45) is -2.42. The number of thiazole rings is 2. The minimum absolute atomic E-state index is 0.142. The topological polar surface area (TPSA) is 124 Å². The fourth-order valence-corrected chi connectivity index (χ4v) is 5.11. The highest BCUT2D eigenvalue weighted by molar-refractivity contribution is 7.21. The molecule has 0 saturated heterocycles. The van der Waals surface area contributed by atoms with Gasteiger partial charge >= 0.3 is 12.2 Å². The van der Waals surface area contributed by atoms with Crippen LogP contribution in [0.1, 0.15) is 14.5 Å². The van der Waals surface area contributed by atoms with Crippen molar-refractivity contribution in [3.8, 4) is 22.5 Å². The molecule has 0 spiro atoms. The van der Waals surface area contributed by atoms with Gasteiger partial charge in [-0.05, 0) is 0 Å². The van der Waals surface area contributed by atoms with Gasteiger partial charge < -0.3 is 10.2 Å². The highest BCUT2D eigenvalue weighted by atomic mass is 32.1. The molecule has 2 aromatic heterocycles. The van der Waals surface area contributed by atoms with Gasteiger partial charge in [0.2, 0.25) is 5.78 Å². The Morgan fingerprint density at radius 1 is 0.676 bits per heavy atom. The Labute approximate surface area is 202 Å². The molecule has 172 valence electrons. The van der Waals surface area contributed by atoms with Crippen LogP contribution in [0.15, 0.2) is 60.7 Å². The zero-order valence-corrected chi connectivity index (χ0v) is 19.6. The number of amides is 2. The van der Waals surface area contributed by atoms with E-state index in [1.165, 1.54) is 14.1 Å². The van der Waals surface area contributed by atoms with Crippen molar-refractivity contribution < 1.29 is 24.6 Å². The first-order chi connectivity index (χ1) is 16.3. The maximum absolute atomic E-state index is 13.9. The second kappa shape index (κ2) is 9.41. The Balaban J connectivity index is 1.90. The van der Waals surface area contributed by atoms with Gasteiger partial charge in [0.05, 0.1) is 11.4 Å². The van der Waals surface area contributed by atoms with Crippen LogP contribution in [0.2, 0.25) is 0 Å². The molecule has 0 aliphatic rings. The van der Waals surface area contributed by atoms with Crippen molar-refractivity contribution in [1.82, 2.24) is 9.97 Å². The Morgan fingerprint density at radius 3 is 1.35 bits per heavy atom. The largest absolute Gasteiger partial charge is 0.465 e. The van der Waals surface area contributed by atoms with Gasteiger partial charge in [0.15, 0.2) is 10.3 Å². The molecular formula is C23H18N4O5S2. The molecule has 2 aromatic carbocycles. The lowest BCUT2D eigenvalue weighted by molar-refractivity contribution is 0.104. The van der Waals surface area contributed by atoms with Gasteiger partial charge in [0.25, 0.3) is 0 Å². The average molecular weight is 495 g/mol. The van der Waals surface area contributed by atoms with Gasteiger partial charge in [0, 0.05) is 25.2 Å². The van der Waals surface area contributed by atoms with Crippen molar-refractivity contribution in [2.24, 2.45) is 0 Å². The van der Waals surface area contributed by atoms with Crippen LogP contribution in [0.5, 0.6) is 0 Å². The fraction of sp³-hybridized carbons (Fsp3) is 0.0870. The summed E-state index contributed by atoms with van der Waals surface area (Å²) in [7, 11) is 2.71. The minimum atomic E-state index is -1.21. The first kappa shape index (κ1) is 23.1. The molecule has 0 aliphatic carbocycles. The van der Waals surface area contributed by atoms with Crippen LogP contribution in [0.25, 0.3) is 22.5 Å². The maximum Gasteiger partial charge on any atom is 0.413 e. The first-order valence-electron chi connectivity index (χ1n) is 9.88. The molecule has 2 N–H and O–H groups in total. The number of nitrogens with zero attached hydrogens (tertiary/aromatic N) is 4. The van der Waals surface area contributed by atoms with E-state index in [9.17, 15) is 24.6 Å². The third-order valence-electron chi connectivity index (χ3n) is 4.89. The summed E-state index contributed by atoms with van der Waals surface area (Å²) in [5, 5.41) is 19.1. The Kier molecular flexibility index (Phi) is 6.39.